The fourth-order valence-corrected chi connectivity index (χ4v) is 10.0. The fraction of sp³-hybridized carbons (Fsp3) is 0.908. The monoisotopic (exact) mass is 1000 g/mol. The van der Waals surface area contributed by atoms with Gasteiger partial charge in [0.2, 0.25) is 5.91 Å². The first-order valence-electron chi connectivity index (χ1n) is 32.1. The van der Waals surface area contributed by atoms with Gasteiger partial charge in [-0.1, -0.05) is 295 Å². The van der Waals surface area contributed by atoms with E-state index in [2.05, 4.69) is 43.5 Å². The van der Waals surface area contributed by atoms with Crippen molar-refractivity contribution >= 4 is 11.9 Å². The summed E-state index contributed by atoms with van der Waals surface area (Å²) in [5.74, 6) is -0.0371. The number of nitrogens with one attached hydrogen (secondary N) is 1. The van der Waals surface area contributed by atoms with Crippen molar-refractivity contribution in [2.24, 2.45) is 0 Å². The second kappa shape index (κ2) is 60.9. The van der Waals surface area contributed by atoms with Crippen LogP contribution in [0.1, 0.15) is 354 Å². The van der Waals surface area contributed by atoms with Crippen molar-refractivity contribution in [1.82, 2.24) is 5.32 Å². The predicted molar refractivity (Wildman–Crippen MR) is 310 cm³/mol. The van der Waals surface area contributed by atoms with E-state index in [4.69, 9.17) is 4.74 Å². The Morgan fingerprint density at radius 1 is 0.380 bits per heavy atom. The standard InChI is InChI=1S/C65H125NO5/c1-3-5-7-9-11-13-15-16-17-18-19-25-28-31-34-38-41-45-49-53-57-63(68)62(61-67)66-64(69)58-54-50-46-42-39-35-32-29-26-23-21-20-22-24-27-30-33-36-40-44-48-52-56-60-71-65(70)59-55-51-47-43-37-14-12-10-8-6-4-2/h10,12,23,26,62-63,67-68H,3-9,11,13-22,24-25,27-61H2,1-2H3,(H,66,69)/b12-10-,26-23-. The number of carbonyl (C=O) groups excluding carboxylic acids is 2. The minimum absolute atomic E-state index is 0.000857. The van der Waals surface area contributed by atoms with Gasteiger partial charge in [0.05, 0.1) is 25.4 Å². The summed E-state index contributed by atoms with van der Waals surface area (Å²) in [6.07, 6.45) is 74.8. The van der Waals surface area contributed by atoms with Crippen molar-refractivity contribution in [3.8, 4) is 0 Å². The largest absolute Gasteiger partial charge is 0.466 e. The van der Waals surface area contributed by atoms with Gasteiger partial charge in [-0.25, -0.2) is 0 Å². The Labute approximate surface area is 443 Å². The number of esters is 1. The highest BCUT2D eigenvalue weighted by Gasteiger charge is 2.20. The maximum atomic E-state index is 12.5. The van der Waals surface area contributed by atoms with Crippen LogP contribution in [0.25, 0.3) is 0 Å². The molecule has 0 saturated heterocycles. The molecular weight excluding hydrogens is 875 g/mol. The van der Waals surface area contributed by atoms with Gasteiger partial charge < -0.3 is 20.3 Å². The van der Waals surface area contributed by atoms with Crippen LogP contribution in [0.2, 0.25) is 0 Å². The van der Waals surface area contributed by atoms with Crippen LogP contribution in [-0.4, -0.2) is 47.4 Å². The normalized spacial score (nSPS) is 12.7. The van der Waals surface area contributed by atoms with E-state index in [1.54, 1.807) is 0 Å². The molecule has 6 heteroatoms. The minimum Gasteiger partial charge on any atom is -0.466 e. The van der Waals surface area contributed by atoms with Crippen molar-refractivity contribution in [2.75, 3.05) is 13.2 Å². The molecule has 0 aliphatic carbocycles. The Morgan fingerprint density at radius 3 is 1.04 bits per heavy atom. The summed E-state index contributed by atoms with van der Waals surface area (Å²) in [6.45, 7) is 4.94. The molecule has 71 heavy (non-hydrogen) atoms. The first-order valence-corrected chi connectivity index (χ1v) is 32.1. The highest BCUT2D eigenvalue weighted by atomic mass is 16.5. The average Bonchev–Trinajstić information content (AvgIpc) is 3.37. The van der Waals surface area contributed by atoms with Gasteiger partial charge in [0.25, 0.3) is 0 Å². The molecule has 0 radical (unpaired) electrons. The molecule has 2 atom stereocenters. The molecule has 0 aliphatic heterocycles. The number of unbranched alkanes of at least 4 members (excludes halogenated alkanes) is 45. The number of aliphatic hydroxyl groups is 2. The van der Waals surface area contributed by atoms with E-state index in [-0.39, 0.29) is 18.5 Å². The van der Waals surface area contributed by atoms with E-state index in [0.717, 1.165) is 44.9 Å². The molecule has 0 saturated carbocycles. The first kappa shape index (κ1) is 69.3. The van der Waals surface area contributed by atoms with Crippen molar-refractivity contribution in [3.63, 3.8) is 0 Å². The van der Waals surface area contributed by atoms with Crippen LogP contribution in [0.3, 0.4) is 0 Å². The highest BCUT2D eigenvalue weighted by Crippen LogP contribution is 2.18. The molecule has 0 aromatic carbocycles. The van der Waals surface area contributed by atoms with Gasteiger partial charge in [0.1, 0.15) is 0 Å². The Morgan fingerprint density at radius 2 is 0.676 bits per heavy atom. The molecule has 2 unspecified atom stereocenters. The molecular formula is C65H125NO5. The summed E-state index contributed by atoms with van der Waals surface area (Å²) in [6, 6.07) is -0.547. The van der Waals surface area contributed by atoms with E-state index in [0.29, 0.717) is 25.9 Å². The molecule has 420 valence electrons. The van der Waals surface area contributed by atoms with Crippen LogP contribution in [0.5, 0.6) is 0 Å². The predicted octanol–water partition coefficient (Wildman–Crippen LogP) is 20.2. The van der Waals surface area contributed by atoms with Crippen molar-refractivity contribution in [3.05, 3.63) is 24.3 Å². The number of hydrogen-bond acceptors (Lipinski definition) is 5. The van der Waals surface area contributed by atoms with Crippen LogP contribution >= 0.6 is 0 Å². The molecule has 0 fully saturated rings. The van der Waals surface area contributed by atoms with Gasteiger partial charge in [-0.15, -0.1) is 0 Å². The first-order chi connectivity index (χ1) is 35.0. The summed E-state index contributed by atoms with van der Waals surface area (Å²) in [4.78, 5) is 24.5. The molecule has 3 N–H and O–H groups in total. The molecule has 0 spiro atoms. The topological polar surface area (TPSA) is 95.9 Å². The number of carbonyl (C=O) groups is 2. The molecule has 0 rings (SSSR count). The van der Waals surface area contributed by atoms with Crippen LogP contribution in [0.15, 0.2) is 24.3 Å². The molecule has 6 nitrogen and oxygen atoms in total. The van der Waals surface area contributed by atoms with Gasteiger partial charge >= 0.3 is 5.97 Å². The quantitative estimate of drug-likeness (QED) is 0.0320. The molecule has 1 amide bonds. The summed E-state index contributed by atoms with van der Waals surface area (Å²) in [5, 5.41) is 23.4. The molecule has 0 aliphatic rings. The zero-order valence-electron chi connectivity index (χ0n) is 48.0. The molecule has 0 aromatic rings. The number of rotatable bonds is 60. The maximum absolute atomic E-state index is 12.5. The van der Waals surface area contributed by atoms with Crippen LogP contribution < -0.4 is 5.32 Å². The van der Waals surface area contributed by atoms with Crippen molar-refractivity contribution < 1.29 is 24.5 Å². The Hall–Kier alpha value is -1.66. The van der Waals surface area contributed by atoms with Gasteiger partial charge in [-0.3, -0.25) is 9.59 Å². The molecule has 0 bridgehead atoms. The zero-order chi connectivity index (χ0) is 51.4. The Bertz CT molecular complexity index is 1110. The second-order valence-corrected chi connectivity index (χ2v) is 22.1. The second-order valence-electron chi connectivity index (χ2n) is 22.1. The van der Waals surface area contributed by atoms with E-state index in [1.165, 1.54) is 276 Å². The summed E-state index contributed by atoms with van der Waals surface area (Å²) < 4.78 is 5.46. The molecule has 0 heterocycles. The third-order valence-corrected chi connectivity index (χ3v) is 15.0. The van der Waals surface area contributed by atoms with Crippen molar-refractivity contribution in [1.29, 1.82) is 0 Å². The van der Waals surface area contributed by atoms with Gasteiger partial charge in [0, 0.05) is 12.8 Å². The van der Waals surface area contributed by atoms with Crippen LogP contribution in [0.4, 0.5) is 0 Å². The van der Waals surface area contributed by atoms with E-state index < -0.39 is 12.1 Å². The van der Waals surface area contributed by atoms with Crippen LogP contribution in [0, 0.1) is 0 Å². The third-order valence-electron chi connectivity index (χ3n) is 15.0. The minimum atomic E-state index is -0.669. The summed E-state index contributed by atoms with van der Waals surface area (Å²) in [5.41, 5.74) is 0. The van der Waals surface area contributed by atoms with Gasteiger partial charge in [-0.05, 0) is 70.6 Å². The van der Waals surface area contributed by atoms with E-state index in [9.17, 15) is 19.8 Å². The average molecular weight is 1000 g/mol. The Kier molecular flexibility index (Phi) is 59.5. The lowest BCUT2D eigenvalue weighted by Gasteiger charge is -2.22. The zero-order valence-corrected chi connectivity index (χ0v) is 48.0. The Balaban J connectivity index is 3.42. The molecule has 0 aromatic heterocycles. The smallest absolute Gasteiger partial charge is 0.305 e. The van der Waals surface area contributed by atoms with Crippen molar-refractivity contribution in [2.45, 2.75) is 366 Å². The lowest BCUT2D eigenvalue weighted by Crippen LogP contribution is -2.45. The van der Waals surface area contributed by atoms with E-state index >= 15 is 0 Å². The van der Waals surface area contributed by atoms with Gasteiger partial charge in [0.15, 0.2) is 0 Å². The fourth-order valence-electron chi connectivity index (χ4n) is 10.0. The lowest BCUT2D eigenvalue weighted by molar-refractivity contribution is -0.143. The number of aliphatic hydroxyl groups excluding tert-OH is 2. The highest BCUT2D eigenvalue weighted by molar-refractivity contribution is 5.76. The maximum Gasteiger partial charge on any atom is 0.305 e. The summed E-state index contributed by atoms with van der Waals surface area (Å²) in [7, 11) is 0. The number of allylic oxidation sites excluding steroid dienone is 4. The third kappa shape index (κ3) is 57.5. The van der Waals surface area contributed by atoms with Crippen LogP contribution in [-0.2, 0) is 14.3 Å². The van der Waals surface area contributed by atoms with E-state index in [1.807, 2.05) is 0 Å². The lowest BCUT2D eigenvalue weighted by atomic mass is 10.0. The number of ether oxygens (including phenoxy) is 1. The number of hydrogen-bond donors (Lipinski definition) is 3. The SMILES string of the molecule is CCCC/C=C\CCCCCCCC(=O)OCCCCCCCCCCCCCC/C=C\CCCCCCCCCC(=O)NC(CO)C(O)CCCCCCCCCCCCCCCCCCCCCC. The number of amides is 1. The van der Waals surface area contributed by atoms with Gasteiger partial charge in [-0.2, -0.15) is 0 Å². The summed E-state index contributed by atoms with van der Waals surface area (Å²) >= 11 is 0.